The van der Waals surface area contributed by atoms with Crippen molar-refractivity contribution in [1.82, 2.24) is 19.6 Å². The minimum Gasteiger partial charge on any atom is -0.319 e. The molecule has 4 aromatic rings. The summed E-state index contributed by atoms with van der Waals surface area (Å²) in [5.41, 5.74) is 3.91. The Hall–Kier alpha value is -3.45. The van der Waals surface area contributed by atoms with Crippen molar-refractivity contribution in [2.24, 2.45) is 0 Å². The van der Waals surface area contributed by atoms with Crippen molar-refractivity contribution in [2.45, 2.75) is 20.4 Å². The van der Waals surface area contributed by atoms with Gasteiger partial charge in [0.1, 0.15) is 5.82 Å². The van der Waals surface area contributed by atoms with Gasteiger partial charge in [0, 0.05) is 17.5 Å². The molecule has 152 valence electrons. The molecule has 0 bridgehead atoms. The van der Waals surface area contributed by atoms with E-state index in [0.717, 1.165) is 17.1 Å². The molecule has 1 N–H and O–H groups in total. The molecule has 2 heterocycles. The number of carbonyl (C=O) groups excluding carboxylic acids is 1. The molecule has 0 aliphatic rings. The highest BCUT2D eigenvalue weighted by Gasteiger charge is 2.15. The van der Waals surface area contributed by atoms with Crippen LogP contribution in [0.15, 0.2) is 60.9 Å². The summed E-state index contributed by atoms with van der Waals surface area (Å²) in [5, 5.41) is 11.8. The van der Waals surface area contributed by atoms with Gasteiger partial charge in [0.15, 0.2) is 0 Å². The standard InChI is InChI=1S/C22H19ClFN5O/c1-14-9-15(2)29(27-14)18-7-8-20(23)19(10-18)22(30)26-17-11-25-28(13-17)12-16-5-3-4-6-21(16)24/h3-11,13H,12H2,1-2H3,(H,26,30). The third-order valence-electron chi connectivity index (χ3n) is 4.63. The molecule has 0 aliphatic heterocycles. The molecule has 6 nitrogen and oxygen atoms in total. The van der Waals surface area contributed by atoms with Crippen molar-refractivity contribution in [3.05, 3.63) is 94.3 Å². The van der Waals surface area contributed by atoms with Gasteiger partial charge in [0.2, 0.25) is 0 Å². The Kier molecular flexibility index (Phi) is 5.37. The van der Waals surface area contributed by atoms with Crippen molar-refractivity contribution < 1.29 is 9.18 Å². The number of benzene rings is 2. The molecular formula is C22H19ClFN5O. The molecule has 1 amide bonds. The molecule has 0 radical (unpaired) electrons. The Bertz CT molecular complexity index is 1230. The van der Waals surface area contributed by atoms with E-state index in [1.807, 2.05) is 26.0 Å². The van der Waals surface area contributed by atoms with E-state index < -0.39 is 0 Å². The number of aromatic nitrogens is 4. The first-order valence-corrected chi connectivity index (χ1v) is 9.69. The summed E-state index contributed by atoms with van der Waals surface area (Å²) >= 11 is 6.27. The lowest BCUT2D eigenvalue weighted by atomic mass is 10.2. The minimum absolute atomic E-state index is 0.261. The summed E-state index contributed by atoms with van der Waals surface area (Å²) in [4.78, 5) is 12.8. The molecule has 4 rings (SSSR count). The fourth-order valence-electron chi connectivity index (χ4n) is 3.22. The van der Waals surface area contributed by atoms with Crippen molar-refractivity contribution in [1.29, 1.82) is 0 Å². The van der Waals surface area contributed by atoms with E-state index in [1.54, 1.807) is 45.9 Å². The second kappa shape index (κ2) is 8.12. The average molecular weight is 424 g/mol. The van der Waals surface area contributed by atoms with Gasteiger partial charge < -0.3 is 5.32 Å². The van der Waals surface area contributed by atoms with Crippen LogP contribution >= 0.6 is 11.6 Å². The summed E-state index contributed by atoms with van der Waals surface area (Å²) in [6, 6.07) is 13.6. The second-order valence-corrected chi connectivity index (χ2v) is 7.38. The third-order valence-corrected chi connectivity index (χ3v) is 4.96. The van der Waals surface area contributed by atoms with Crippen LogP contribution in [-0.2, 0) is 6.54 Å². The molecule has 0 saturated carbocycles. The molecule has 2 aromatic heterocycles. The van der Waals surface area contributed by atoms with E-state index in [4.69, 9.17) is 11.6 Å². The largest absolute Gasteiger partial charge is 0.319 e. The quantitative estimate of drug-likeness (QED) is 0.502. The van der Waals surface area contributed by atoms with Gasteiger partial charge in [-0.2, -0.15) is 10.2 Å². The highest BCUT2D eigenvalue weighted by atomic mass is 35.5. The number of nitrogens with one attached hydrogen (secondary N) is 1. The lowest BCUT2D eigenvalue weighted by molar-refractivity contribution is 0.102. The van der Waals surface area contributed by atoms with Gasteiger partial charge in [-0.05, 0) is 44.2 Å². The zero-order valence-electron chi connectivity index (χ0n) is 16.4. The van der Waals surface area contributed by atoms with Gasteiger partial charge in [0.05, 0.1) is 40.4 Å². The first kappa shape index (κ1) is 19.8. The predicted molar refractivity (Wildman–Crippen MR) is 114 cm³/mol. The van der Waals surface area contributed by atoms with E-state index in [1.165, 1.54) is 12.3 Å². The Morgan fingerprint density at radius 2 is 1.97 bits per heavy atom. The zero-order chi connectivity index (χ0) is 21.3. The van der Waals surface area contributed by atoms with Crippen LogP contribution in [-0.4, -0.2) is 25.5 Å². The van der Waals surface area contributed by atoms with Gasteiger partial charge in [-0.15, -0.1) is 0 Å². The molecule has 8 heteroatoms. The maximum atomic E-state index is 13.8. The number of hydrogen-bond acceptors (Lipinski definition) is 3. The minimum atomic E-state index is -0.367. The van der Waals surface area contributed by atoms with E-state index in [9.17, 15) is 9.18 Å². The maximum Gasteiger partial charge on any atom is 0.257 e. The Morgan fingerprint density at radius 3 is 2.70 bits per heavy atom. The van der Waals surface area contributed by atoms with Gasteiger partial charge in [-0.1, -0.05) is 29.8 Å². The Labute approximate surface area is 177 Å². The van der Waals surface area contributed by atoms with Crippen LogP contribution in [0.3, 0.4) is 0 Å². The molecule has 0 atom stereocenters. The van der Waals surface area contributed by atoms with Crippen molar-refractivity contribution in [2.75, 3.05) is 5.32 Å². The van der Waals surface area contributed by atoms with Crippen LogP contribution in [0.4, 0.5) is 10.1 Å². The number of nitrogens with zero attached hydrogens (tertiary/aromatic N) is 4. The summed E-state index contributed by atoms with van der Waals surface area (Å²) in [6.45, 7) is 4.11. The first-order valence-electron chi connectivity index (χ1n) is 9.31. The SMILES string of the molecule is Cc1cc(C)n(-c2ccc(Cl)c(C(=O)Nc3cnn(Cc4ccccc4F)c3)c2)n1. The lowest BCUT2D eigenvalue weighted by Gasteiger charge is -2.09. The number of carbonyl (C=O) groups is 1. The molecule has 0 saturated heterocycles. The van der Waals surface area contributed by atoms with Gasteiger partial charge in [-0.3, -0.25) is 9.48 Å². The second-order valence-electron chi connectivity index (χ2n) is 6.98. The lowest BCUT2D eigenvalue weighted by Crippen LogP contribution is -2.13. The van der Waals surface area contributed by atoms with E-state index in [0.29, 0.717) is 21.8 Å². The van der Waals surface area contributed by atoms with Gasteiger partial charge in [0.25, 0.3) is 5.91 Å². The zero-order valence-corrected chi connectivity index (χ0v) is 17.2. The fourth-order valence-corrected chi connectivity index (χ4v) is 3.43. The van der Waals surface area contributed by atoms with Crippen LogP contribution in [0, 0.1) is 19.7 Å². The predicted octanol–water partition coefficient (Wildman–Crippen LogP) is 4.78. The monoisotopic (exact) mass is 423 g/mol. The number of halogens is 2. The summed E-state index contributed by atoms with van der Waals surface area (Å²) in [6.07, 6.45) is 3.15. The number of anilines is 1. The fraction of sp³-hybridized carbons (Fsp3) is 0.136. The van der Waals surface area contributed by atoms with Crippen molar-refractivity contribution in [3.8, 4) is 5.69 Å². The first-order chi connectivity index (χ1) is 14.4. The number of amides is 1. The highest BCUT2D eigenvalue weighted by molar-refractivity contribution is 6.34. The van der Waals surface area contributed by atoms with Crippen LogP contribution in [0.1, 0.15) is 27.3 Å². The van der Waals surface area contributed by atoms with Crippen LogP contribution in [0.5, 0.6) is 0 Å². The maximum absolute atomic E-state index is 13.8. The molecule has 0 aliphatic carbocycles. The number of rotatable bonds is 5. The van der Waals surface area contributed by atoms with Gasteiger partial charge >= 0.3 is 0 Å². The van der Waals surface area contributed by atoms with Crippen LogP contribution in [0.2, 0.25) is 5.02 Å². The molecule has 2 aromatic carbocycles. The molecular weight excluding hydrogens is 405 g/mol. The summed E-state index contributed by atoms with van der Waals surface area (Å²) in [5.74, 6) is -0.667. The topological polar surface area (TPSA) is 64.7 Å². The van der Waals surface area contributed by atoms with E-state index in [2.05, 4.69) is 15.5 Å². The third kappa shape index (κ3) is 4.11. The van der Waals surface area contributed by atoms with Crippen LogP contribution < -0.4 is 5.32 Å². The van der Waals surface area contributed by atoms with E-state index in [-0.39, 0.29) is 18.3 Å². The van der Waals surface area contributed by atoms with Gasteiger partial charge in [-0.25, -0.2) is 9.07 Å². The average Bonchev–Trinajstić information content (AvgIpc) is 3.29. The van der Waals surface area contributed by atoms with E-state index >= 15 is 0 Å². The number of hydrogen-bond donors (Lipinski definition) is 1. The summed E-state index contributed by atoms with van der Waals surface area (Å²) < 4.78 is 17.1. The number of aryl methyl sites for hydroxylation is 2. The Morgan fingerprint density at radius 1 is 1.17 bits per heavy atom. The molecule has 0 spiro atoms. The summed E-state index contributed by atoms with van der Waals surface area (Å²) in [7, 11) is 0. The smallest absolute Gasteiger partial charge is 0.257 e. The van der Waals surface area contributed by atoms with Crippen molar-refractivity contribution in [3.63, 3.8) is 0 Å². The van der Waals surface area contributed by atoms with Crippen LogP contribution in [0.25, 0.3) is 5.69 Å². The normalized spacial score (nSPS) is 10.9. The Balaban J connectivity index is 1.53. The molecule has 0 unspecified atom stereocenters. The van der Waals surface area contributed by atoms with Crippen molar-refractivity contribution >= 4 is 23.2 Å². The molecule has 0 fully saturated rings. The molecule has 30 heavy (non-hydrogen) atoms. The highest BCUT2D eigenvalue weighted by Crippen LogP contribution is 2.22.